The summed E-state index contributed by atoms with van der Waals surface area (Å²) in [4.78, 5) is 0. The number of rotatable bonds is 1. The molecule has 0 aromatic heterocycles. The predicted octanol–water partition coefficient (Wildman–Crippen LogP) is 1.76. The van der Waals surface area contributed by atoms with Crippen molar-refractivity contribution in [2.45, 2.75) is 37.6 Å². The summed E-state index contributed by atoms with van der Waals surface area (Å²) < 4.78 is 0. The van der Waals surface area contributed by atoms with Gasteiger partial charge in [-0.05, 0) is 26.3 Å². The summed E-state index contributed by atoms with van der Waals surface area (Å²) in [5.41, 5.74) is 0. The molecule has 1 aliphatic rings. The molecule has 1 nitrogen and oxygen atoms in total. The van der Waals surface area contributed by atoms with Crippen LogP contribution in [-0.2, 0) is 0 Å². The van der Waals surface area contributed by atoms with Crippen LogP contribution in [0.3, 0.4) is 0 Å². The highest BCUT2D eigenvalue weighted by molar-refractivity contribution is 6.20. The van der Waals surface area contributed by atoms with Crippen LogP contribution < -0.4 is 5.32 Å². The van der Waals surface area contributed by atoms with Crippen LogP contribution in [0.4, 0.5) is 0 Å². The molecule has 1 aliphatic heterocycles. The molecule has 1 saturated heterocycles. The van der Waals surface area contributed by atoms with E-state index in [1.54, 1.807) is 0 Å². The largest absolute Gasteiger partial charge is 0.313 e. The van der Waals surface area contributed by atoms with Gasteiger partial charge in [0.15, 0.2) is 0 Å². The Bertz CT molecular complexity index is 77.0. The molecular formula is C7H14ClN. The van der Waals surface area contributed by atoms with Gasteiger partial charge in [0.25, 0.3) is 0 Å². The molecule has 9 heavy (non-hydrogen) atoms. The fraction of sp³-hybridized carbons (Fsp3) is 1.00. The second-order valence-corrected chi connectivity index (χ2v) is 3.42. The molecule has 54 valence electrons. The highest BCUT2D eigenvalue weighted by Crippen LogP contribution is 2.13. The Balaban J connectivity index is 2.23. The number of halogens is 1. The Morgan fingerprint density at radius 3 is 2.67 bits per heavy atom. The Morgan fingerprint density at radius 1 is 1.56 bits per heavy atom. The Hall–Kier alpha value is 0.250. The average Bonchev–Trinajstić information content (AvgIpc) is 1.90. The van der Waals surface area contributed by atoms with Crippen molar-refractivity contribution >= 4 is 11.6 Å². The third kappa shape index (κ3) is 2.15. The first-order valence-corrected chi connectivity index (χ1v) is 4.12. The third-order valence-corrected chi connectivity index (χ3v) is 2.21. The number of hydrogen-bond acceptors (Lipinski definition) is 1. The van der Waals surface area contributed by atoms with Crippen molar-refractivity contribution in [3.63, 3.8) is 0 Å². The highest BCUT2D eigenvalue weighted by atomic mass is 35.5. The van der Waals surface area contributed by atoms with E-state index in [0.29, 0.717) is 11.4 Å². The molecule has 0 aromatic carbocycles. The number of hydrogen-bond donors (Lipinski definition) is 1. The molecule has 0 spiro atoms. The Kier molecular flexibility index (Phi) is 2.80. The van der Waals surface area contributed by atoms with Crippen LogP contribution in [0.25, 0.3) is 0 Å². The van der Waals surface area contributed by atoms with Gasteiger partial charge in [0.05, 0.1) is 0 Å². The van der Waals surface area contributed by atoms with Crippen LogP contribution in [0.15, 0.2) is 0 Å². The summed E-state index contributed by atoms with van der Waals surface area (Å²) in [7, 11) is 0. The molecule has 0 saturated carbocycles. The van der Waals surface area contributed by atoms with Crippen molar-refractivity contribution in [1.82, 2.24) is 5.32 Å². The zero-order valence-electron chi connectivity index (χ0n) is 5.86. The van der Waals surface area contributed by atoms with Gasteiger partial charge in [-0.15, -0.1) is 11.6 Å². The fourth-order valence-electron chi connectivity index (χ4n) is 1.27. The molecule has 0 bridgehead atoms. The number of nitrogens with one attached hydrogen (secondary N) is 1. The summed E-state index contributed by atoms with van der Waals surface area (Å²) in [6.07, 6.45) is 3.92. The Morgan fingerprint density at radius 2 is 2.33 bits per heavy atom. The number of piperidine rings is 1. The van der Waals surface area contributed by atoms with Crippen LogP contribution in [0.5, 0.6) is 0 Å². The summed E-state index contributed by atoms with van der Waals surface area (Å²) in [6.45, 7) is 3.21. The van der Waals surface area contributed by atoms with Crippen molar-refractivity contribution in [3.8, 4) is 0 Å². The molecule has 1 N–H and O–H groups in total. The molecule has 2 unspecified atom stereocenters. The van der Waals surface area contributed by atoms with E-state index in [4.69, 9.17) is 11.6 Å². The maximum absolute atomic E-state index is 5.89. The lowest BCUT2D eigenvalue weighted by molar-refractivity contribution is 0.396. The van der Waals surface area contributed by atoms with Gasteiger partial charge in [-0.25, -0.2) is 0 Å². The van der Waals surface area contributed by atoms with E-state index in [-0.39, 0.29) is 0 Å². The molecule has 0 aromatic rings. The minimum absolute atomic E-state index is 0.297. The smallest absolute Gasteiger partial charge is 0.0461 e. The first-order chi connectivity index (χ1) is 4.30. The first-order valence-electron chi connectivity index (χ1n) is 3.68. The molecule has 2 heteroatoms. The van der Waals surface area contributed by atoms with Gasteiger partial charge in [0.1, 0.15) is 0 Å². The van der Waals surface area contributed by atoms with E-state index in [2.05, 4.69) is 12.2 Å². The monoisotopic (exact) mass is 147 g/mol. The standard InChI is InChI=1S/C7H14ClN/c1-6(8)7-4-2-3-5-9-7/h6-7,9H,2-5H2,1H3. The van der Waals surface area contributed by atoms with Gasteiger partial charge in [-0.3, -0.25) is 0 Å². The second kappa shape index (κ2) is 3.43. The quantitative estimate of drug-likeness (QED) is 0.558. The Labute approximate surface area is 61.8 Å². The lowest BCUT2D eigenvalue weighted by atomic mass is 10.0. The van der Waals surface area contributed by atoms with Crippen LogP contribution in [0, 0.1) is 0 Å². The molecule has 0 radical (unpaired) electrons. The molecule has 1 fully saturated rings. The topological polar surface area (TPSA) is 12.0 Å². The zero-order valence-corrected chi connectivity index (χ0v) is 6.62. The minimum atomic E-state index is 0.297. The SMILES string of the molecule is CC(Cl)C1CCCCN1. The zero-order chi connectivity index (χ0) is 6.69. The summed E-state index contributed by atoms with van der Waals surface area (Å²) >= 11 is 5.89. The van der Waals surface area contributed by atoms with Gasteiger partial charge in [-0.1, -0.05) is 6.42 Å². The maximum atomic E-state index is 5.89. The number of alkyl halides is 1. The summed E-state index contributed by atoms with van der Waals surface area (Å²) in [6, 6.07) is 0.570. The van der Waals surface area contributed by atoms with Crippen molar-refractivity contribution in [3.05, 3.63) is 0 Å². The first kappa shape index (κ1) is 7.36. The second-order valence-electron chi connectivity index (χ2n) is 2.73. The lowest BCUT2D eigenvalue weighted by Gasteiger charge is -2.25. The maximum Gasteiger partial charge on any atom is 0.0461 e. The van der Waals surface area contributed by atoms with Gasteiger partial charge < -0.3 is 5.32 Å². The lowest BCUT2D eigenvalue weighted by Crippen LogP contribution is -2.39. The van der Waals surface area contributed by atoms with E-state index in [0.717, 1.165) is 6.54 Å². The van der Waals surface area contributed by atoms with Crippen LogP contribution in [0.1, 0.15) is 26.2 Å². The van der Waals surface area contributed by atoms with Gasteiger partial charge >= 0.3 is 0 Å². The fourth-order valence-corrected chi connectivity index (χ4v) is 1.49. The van der Waals surface area contributed by atoms with E-state index >= 15 is 0 Å². The van der Waals surface area contributed by atoms with E-state index < -0.39 is 0 Å². The van der Waals surface area contributed by atoms with Crippen molar-refractivity contribution in [2.24, 2.45) is 0 Å². The van der Waals surface area contributed by atoms with E-state index in [1.807, 2.05) is 0 Å². The summed E-state index contributed by atoms with van der Waals surface area (Å²) in [5, 5.41) is 3.68. The van der Waals surface area contributed by atoms with Crippen LogP contribution in [0.2, 0.25) is 0 Å². The average molecular weight is 148 g/mol. The van der Waals surface area contributed by atoms with Gasteiger partial charge in [0.2, 0.25) is 0 Å². The minimum Gasteiger partial charge on any atom is -0.313 e. The van der Waals surface area contributed by atoms with Crippen molar-refractivity contribution < 1.29 is 0 Å². The highest BCUT2D eigenvalue weighted by Gasteiger charge is 2.16. The molecule has 0 amide bonds. The predicted molar refractivity (Wildman–Crippen MR) is 41.0 cm³/mol. The van der Waals surface area contributed by atoms with Crippen molar-refractivity contribution in [2.75, 3.05) is 6.54 Å². The molecular weight excluding hydrogens is 134 g/mol. The normalized spacial score (nSPS) is 32.0. The van der Waals surface area contributed by atoms with Gasteiger partial charge in [-0.2, -0.15) is 0 Å². The molecule has 1 heterocycles. The molecule has 2 atom stereocenters. The van der Waals surface area contributed by atoms with Gasteiger partial charge in [0, 0.05) is 11.4 Å². The van der Waals surface area contributed by atoms with Crippen LogP contribution >= 0.6 is 11.6 Å². The summed E-state index contributed by atoms with van der Waals surface area (Å²) in [5.74, 6) is 0. The van der Waals surface area contributed by atoms with Crippen molar-refractivity contribution in [1.29, 1.82) is 0 Å². The van der Waals surface area contributed by atoms with E-state index in [1.165, 1.54) is 19.3 Å². The molecule has 1 rings (SSSR count). The van der Waals surface area contributed by atoms with E-state index in [9.17, 15) is 0 Å². The van der Waals surface area contributed by atoms with Crippen LogP contribution in [-0.4, -0.2) is 18.0 Å². The molecule has 0 aliphatic carbocycles. The third-order valence-electron chi connectivity index (χ3n) is 1.90.